The molecule has 3 nitrogen and oxygen atoms in total. The molecular weight excluding hydrogens is 248 g/mol. The van der Waals surface area contributed by atoms with E-state index in [0.29, 0.717) is 12.1 Å². The molecule has 2 aliphatic rings. The lowest BCUT2D eigenvalue weighted by atomic mass is 9.83. The minimum Gasteiger partial charge on any atom is -0.377 e. The number of likely N-dealkylation sites (N-methyl/N-ethyl adjacent to an activating group) is 1. The Morgan fingerprint density at radius 3 is 2.90 bits per heavy atom. The molecule has 1 saturated heterocycles. The van der Waals surface area contributed by atoms with Crippen LogP contribution in [-0.4, -0.2) is 36.7 Å². The van der Waals surface area contributed by atoms with E-state index in [2.05, 4.69) is 36.1 Å². The van der Waals surface area contributed by atoms with Gasteiger partial charge in [0.1, 0.15) is 0 Å². The molecule has 3 atom stereocenters. The zero-order chi connectivity index (χ0) is 13.9. The Hall–Kier alpha value is -0.900. The topological polar surface area (TPSA) is 38.5 Å². The normalized spacial score (nSPS) is 29.6. The number of nitrogens with two attached hydrogens (primary N) is 1. The Labute approximate surface area is 122 Å². The summed E-state index contributed by atoms with van der Waals surface area (Å²) in [6.45, 7) is 5.27. The van der Waals surface area contributed by atoms with Gasteiger partial charge in [0.2, 0.25) is 0 Å². The lowest BCUT2D eigenvalue weighted by Crippen LogP contribution is -2.48. The fourth-order valence-corrected chi connectivity index (χ4v) is 3.74. The van der Waals surface area contributed by atoms with Crippen LogP contribution in [0.2, 0.25) is 0 Å². The summed E-state index contributed by atoms with van der Waals surface area (Å²) >= 11 is 0. The molecule has 0 aromatic heterocycles. The number of hydrogen-bond donors (Lipinski definition) is 1. The van der Waals surface area contributed by atoms with E-state index in [0.717, 1.165) is 26.1 Å². The van der Waals surface area contributed by atoms with Crippen molar-refractivity contribution >= 4 is 0 Å². The van der Waals surface area contributed by atoms with E-state index in [-0.39, 0.29) is 6.04 Å². The molecule has 2 N–H and O–H groups in total. The smallest absolute Gasteiger partial charge is 0.0702 e. The van der Waals surface area contributed by atoms with Gasteiger partial charge in [0, 0.05) is 25.2 Å². The van der Waals surface area contributed by atoms with Crippen molar-refractivity contribution in [3.05, 3.63) is 35.4 Å². The highest BCUT2D eigenvalue weighted by atomic mass is 16.5. The fraction of sp³-hybridized carbons (Fsp3) is 0.647. The second-order valence-electron chi connectivity index (χ2n) is 6.05. The van der Waals surface area contributed by atoms with E-state index in [1.807, 2.05) is 0 Å². The Balaban J connectivity index is 1.72. The molecule has 3 heteroatoms. The van der Waals surface area contributed by atoms with Crippen molar-refractivity contribution in [3.8, 4) is 0 Å². The maximum Gasteiger partial charge on any atom is 0.0702 e. The third-order valence-corrected chi connectivity index (χ3v) is 4.88. The highest BCUT2D eigenvalue weighted by molar-refractivity contribution is 5.33. The number of nitrogens with zero attached hydrogens (tertiary/aromatic N) is 1. The molecule has 20 heavy (non-hydrogen) atoms. The van der Waals surface area contributed by atoms with Crippen molar-refractivity contribution in [1.29, 1.82) is 0 Å². The molecule has 1 aliphatic carbocycles. The number of aryl methyl sites for hydroxylation is 1. The van der Waals surface area contributed by atoms with Gasteiger partial charge >= 0.3 is 0 Å². The number of fused-ring (bicyclic) bond motifs is 1. The van der Waals surface area contributed by atoms with Crippen LogP contribution in [0.1, 0.15) is 43.4 Å². The number of hydrogen-bond acceptors (Lipinski definition) is 3. The van der Waals surface area contributed by atoms with Crippen molar-refractivity contribution < 1.29 is 4.74 Å². The molecule has 1 aliphatic heterocycles. The van der Waals surface area contributed by atoms with Gasteiger partial charge in [-0.15, -0.1) is 0 Å². The molecule has 1 heterocycles. The van der Waals surface area contributed by atoms with Crippen LogP contribution >= 0.6 is 0 Å². The van der Waals surface area contributed by atoms with Gasteiger partial charge in [-0.25, -0.2) is 0 Å². The second-order valence-corrected chi connectivity index (χ2v) is 6.05. The molecule has 0 spiro atoms. The summed E-state index contributed by atoms with van der Waals surface area (Å²) in [6, 6.07) is 9.25. The van der Waals surface area contributed by atoms with Crippen LogP contribution in [0.3, 0.4) is 0 Å². The highest BCUT2D eigenvalue weighted by Gasteiger charge is 2.32. The molecule has 1 fully saturated rings. The average molecular weight is 274 g/mol. The van der Waals surface area contributed by atoms with Crippen LogP contribution in [0.15, 0.2) is 24.3 Å². The molecular formula is C17H26N2O. The first-order valence-electron chi connectivity index (χ1n) is 7.98. The van der Waals surface area contributed by atoms with Gasteiger partial charge in [-0.2, -0.15) is 0 Å². The third-order valence-electron chi connectivity index (χ3n) is 4.88. The first kappa shape index (κ1) is 14.1. The van der Waals surface area contributed by atoms with Crippen LogP contribution in [0.5, 0.6) is 0 Å². The van der Waals surface area contributed by atoms with Crippen LogP contribution in [0, 0.1) is 0 Å². The van der Waals surface area contributed by atoms with E-state index in [4.69, 9.17) is 10.5 Å². The van der Waals surface area contributed by atoms with Crippen LogP contribution in [0.25, 0.3) is 0 Å². The first-order valence-corrected chi connectivity index (χ1v) is 7.98. The van der Waals surface area contributed by atoms with E-state index in [1.54, 1.807) is 0 Å². The first-order chi connectivity index (χ1) is 9.79. The molecule has 110 valence electrons. The zero-order valence-electron chi connectivity index (χ0n) is 12.4. The number of ether oxygens (including phenoxy) is 1. The molecule has 0 amide bonds. The van der Waals surface area contributed by atoms with Crippen molar-refractivity contribution in [2.45, 2.75) is 50.8 Å². The van der Waals surface area contributed by atoms with Gasteiger partial charge in [-0.3, -0.25) is 4.90 Å². The predicted octanol–water partition coefficient (Wildman–Crippen LogP) is 2.50. The lowest BCUT2D eigenvalue weighted by Gasteiger charge is -2.39. The van der Waals surface area contributed by atoms with Gasteiger partial charge in [0.25, 0.3) is 0 Å². The van der Waals surface area contributed by atoms with Gasteiger partial charge in [-0.1, -0.05) is 31.2 Å². The van der Waals surface area contributed by atoms with Gasteiger partial charge in [0.05, 0.1) is 6.10 Å². The summed E-state index contributed by atoms with van der Waals surface area (Å²) in [5.41, 5.74) is 9.34. The standard InChI is InChI=1S/C17H26N2O/c1-2-19(12-14-7-5-11-20-14)16-10-9-13-6-3-4-8-15(13)17(16)18/h3-4,6,8,14,16-17H,2,5,7,9-12,18H2,1H3. The second kappa shape index (κ2) is 6.25. The van der Waals surface area contributed by atoms with E-state index in [9.17, 15) is 0 Å². The Bertz CT molecular complexity index is 442. The van der Waals surface area contributed by atoms with E-state index < -0.39 is 0 Å². The SMILES string of the molecule is CCN(CC1CCCO1)C1CCc2ccccc2C1N. The van der Waals surface area contributed by atoms with Crippen molar-refractivity contribution in [1.82, 2.24) is 4.90 Å². The third kappa shape index (κ3) is 2.76. The average Bonchev–Trinajstić information content (AvgIpc) is 2.99. The molecule has 0 bridgehead atoms. The van der Waals surface area contributed by atoms with Crippen LogP contribution < -0.4 is 5.73 Å². The van der Waals surface area contributed by atoms with E-state index >= 15 is 0 Å². The zero-order valence-corrected chi connectivity index (χ0v) is 12.4. The monoisotopic (exact) mass is 274 g/mol. The Morgan fingerprint density at radius 1 is 1.30 bits per heavy atom. The van der Waals surface area contributed by atoms with Gasteiger partial charge < -0.3 is 10.5 Å². The minimum absolute atomic E-state index is 0.140. The molecule has 0 saturated carbocycles. The van der Waals surface area contributed by atoms with E-state index in [1.165, 1.54) is 30.4 Å². The maximum atomic E-state index is 6.56. The molecule has 3 unspecified atom stereocenters. The summed E-state index contributed by atoms with van der Waals surface area (Å²) in [7, 11) is 0. The largest absolute Gasteiger partial charge is 0.377 e. The predicted molar refractivity (Wildman–Crippen MR) is 81.7 cm³/mol. The number of rotatable bonds is 4. The molecule has 1 aromatic carbocycles. The Kier molecular flexibility index (Phi) is 4.39. The molecule has 3 rings (SSSR count). The summed E-state index contributed by atoms with van der Waals surface area (Å²) in [5.74, 6) is 0. The van der Waals surface area contributed by atoms with Crippen LogP contribution in [-0.2, 0) is 11.2 Å². The molecule has 1 aromatic rings. The summed E-state index contributed by atoms with van der Waals surface area (Å²) < 4.78 is 5.80. The van der Waals surface area contributed by atoms with Crippen molar-refractivity contribution in [3.63, 3.8) is 0 Å². The Morgan fingerprint density at radius 2 is 2.15 bits per heavy atom. The van der Waals surface area contributed by atoms with Crippen molar-refractivity contribution in [2.75, 3.05) is 19.7 Å². The highest BCUT2D eigenvalue weighted by Crippen LogP contribution is 2.31. The quantitative estimate of drug-likeness (QED) is 0.917. The van der Waals surface area contributed by atoms with Crippen molar-refractivity contribution in [2.24, 2.45) is 5.73 Å². The van der Waals surface area contributed by atoms with Crippen LogP contribution in [0.4, 0.5) is 0 Å². The number of benzene rings is 1. The fourth-order valence-electron chi connectivity index (χ4n) is 3.74. The lowest BCUT2D eigenvalue weighted by molar-refractivity contribution is 0.0501. The summed E-state index contributed by atoms with van der Waals surface area (Å²) in [6.07, 6.45) is 5.14. The minimum atomic E-state index is 0.140. The van der Waals surface area contributed by atoms with Gasteiger partial charge in [-0.05, 0) is 43.4 Å². The summed E-state index contributed by atoms with van der Waals surface area (Å²) in [4.78, 5) is 2.54. The maximum absolute atomic E-state index is 6.56. The summed E-state index contributed by atoms with van der Waals surface area (Å²) in [5, 5.41) is 0. The van der Waals surface area contributed by atoms with Gasteiger partial charge in [0.15, 0.2) is 0 Å². The molecule has 0 radical (unpaired) electrons.